The number of hydrogen-bond donors (Lipinski definition) is 3. The van der Waals surface area contributed by atoms with Gasteiger partial charge in [-0.25, -0.2) is 20.1 Å². The molecule has 1 aliphatic heterocycles. The first-order chi connectivity index (χ1) is 21.1. The molecule has 232 valence electrons. The topological polar surface area (TPSA) is 107 Å². The molecule has 1 saturated heterocycles. The molecular formula is C34H43N5O4Si. The molecular weight excluding hydrogens is 570 g/mol. The van der Waals surface area contributed by atoms with E-state index < -0.39 is 20.6 Å². The number of fused-ring (bicyclic) bond motifs is 1. The van der Waals surface area contributed by atoms with Crippen molar-refractivity contribution in [1.29, 1.82) is 0 Å². The fourth-order valence-electron chi connectivity index (χ4n) is 4.72. The van der Waals surface area contributed by atoms with E-state index in [9.17, 15) is 4.79 Å². The van der Waals surface area contributed by atoms with E-state index in [1.165, 1.54) is 0 Å². The second kappa shape index (κ2) is 13.9. The van der Waals surface area contributed by atoms with E-state index in [0.29, 0.717) is 18.9 Å². The van der Waals surface area contributed by atoms with Gasteiger partial charge in [-0.1, -0.05) is 57.2 Å². The first-order valence-electron chi connectivity index (χ1n) is 15.3. The maximum atomic E-state index is 12.7. The Labute approximate surface area is 260 Å². The molecule has 2 amide bonds. The minimum absolute atomic E-state index is 0.209. The first-order valence-corrected chi connectivity index (χ1v) is 18.2. The summed E-state index contributed by atoms with van der Waals surface area (Å²) in [6.07, 6.45) is 5.71. The Morgan fingerprint density at radius 1 is 1.00 bits per heavy atom. The third kappa shape index (κ3) is 8.00. The van der Waals surface area contributed by atoms with Crippen LogP contribution in [0, 0.1) is 0 Å². The minimum Gasteiger partial charge on any atom is -0.415 e. The van der Waals surface area contributed by atoms with E-state index >= 15 is 0 Å². The van der Waals surface area contributed by atoms with Crippen molar-refractivity contribution in [3.8, 4) is 22.4 Å². The SMILES string of the molecule is CC(C)(C)[Si](C)(C)OCCNc1ccc(-c2ccc(-c3cc(NC(=O)NOC4CCCCO4)c4cnccc4n3)cc2)cc1. The van der Waals surface area contributed by atoms with Crippen LogP contribution in [-0.2, 0) is 14.0 Å². The molecule has 4 aromatic rings. The highest BCUT2D eigenvalue weighted by atomic mass is 28.4. The van der Waals surface area contributed by atoms with Gasteiger partial charge in [0.25, 0.3) is 0 Å². The summed E-state index contributed by atoms with van der Waals surface area (Å²) in [7, 11) is -1.74. The van der Waals surface area contributed by atoms with Crippen molar-refractivity contribution in [3.05, 3.63) is 73.1 Å². The van der Waals surface area contributed by atoms with Crippen LogP contribution in [0.5, 0.6) is 0 Å². The van der Waals surface area contributed by atoms with Crippen LogP contribution in [0.2, 0.25) is 18.1 Å². The molecule has 9 nitrogen and oxygen atoms in total. The van der Waals surface area contributed by atoms with Crippen molar-refractivity contribution in [3.63, 3.8) is 0 Å². The summed E-state index contributed by atoms with van der Waals surface area (Å²) < 4.78 is 11.8. The summed E-state index contributed by atoms with van der Waals surface area (Å²) in [5.74, 6) is 0. The van der Waals surface area contributed by atoms with Crippen LogP contribution >= 0.6 is 0 Å². The van der Waals surface area contributed by atoms with Gasteiger partial charge in [0.2, 0.25) is 0 Å². The lowest BCUT2D eigenvalue weighted by atomic mass is 10.0. The number of pyridine rings is 2. The standard InChI is InChI=1S/C34H43N5O4Si/c1-34(2,3)44(4,5)42-21-19-36-27-15-13-25(14-16-27)24-9-11-26(12-10-24)30-22-31(28-23-35-18-17-29(28)37-30)38-33(40)39-43-32-8-6-7-20-41-32/h9-18,22-23,32,36H,6-8,19-21H2,1-5H3,(H2,37,38,39,40). The zero-order chi connectivity index (χ0) is 31.2. The Kier molecular flexibility index (Phi) is 9.95. The van der Waals surface area contributed by atoms with Gasteiger partial charge in [-0.3, -0.25) is 4.98 Å². The van der Waals surface area contributed by atoms with E-state index in [0.717, 1.165) is 64.8 Å². The predicted octanol–water partition coefficient (Wildman–Crippen LogP) is 7.98. The number of amides is 2. The van der Waals surface area contributed by atoms with Crippen LogP contribution in [0.3, 0.4) is 0 Å². The van der Waals surface area contributed by atoms with Crippen LogP contribution < -0.4 is 16.1 Å². The van der Waals surface area contributed by atoms with Gasteiger partial charge in [-0.15, -0.1) is 0 Å². The average molecular weight is 614 g/mol. The molecule has 0 spiro atoms. The molecule has 1 fully saturated rings. The maximum absolute atomic E-state index is 12.7. The highest BCUT2D eigenvalue weighted by Gasteiger charge is 2.36. The zero-order valence-corrected chi connectivity index (χ0v) is 27.3. The van der Waals surface area contributed by atoms with E-state index in [2.05, 4.69) is 91.4 Å². The largest absolute Gasteiger partial charge is 0.415 e. The number of benzene rings is 2. The Morgan fingerprint density at radius 3 is 2.39 bits per heavy atom. The Balaban J connectivity index is 1.23. The van der Waals surface area contributed by atoms with Gasteiger partial charge in [0.15, 0.2) is 14.6 Å². The molecule has 2 aromatic carbocycles. The van der Waals surface area contributed by atoms with Gasteiger partial charge in [0, 0.05) is 48.6 Å². The molecule has 1 unspecified atom stereocenters. The monoisotopic (exact) mass is 613 g/mol. The van der Waals surface area contributed by atoms with Gasteiger partial charge in [-0.2, -0.15) is 0 Å². The van der Waals surface area contributed by atoms with Crippen molar-refractivity contribution >= 4 is 36.6 Å². The summed E-state index contributed by atoms with van der Waals surface area (Å²) in [6.45, 7) is 13.4. The Hall–Kier alpha value is -3.83. The average Bonchev–Trinajstić information content (AvgIpc) is 3.02. The molecule has 3 heterocycles. The molecule has 0 saturated carbocycles. The fraction of sp³-hybridized carbons (Fsp3) is 0.382. The quantitative estimate of drug-likeness (QED) is 0.0946. The predicted molar refractivity (Wildman–Crippen MR) is 179 cm³/mol. The molecule has 2 aromatic heterocycles. The molecule has 1 atom stereocenters. The van der Waals surface area contributed by atoms with Gasteiger partial charge in [0.05, 0.1) is 23.5 Å². The number of anilines is 2. The first kappa shape index (κ1) is 31.6. The van der Waals surface area contributed by atoms with E-state index in [-0.39, 0.29) is 5.04 Å². The molecule has 0 radical (unpaired) electrons. The number of carbonyl (C=O) groups is 1. The lowest BCUT2D eigenvalue weighted by Crippen LogP contribution is -2.41. The van der Waals surface area contributed by atoms with E-state index in [4.69, 9.17) is 19.0 Å². The van der Waals surface area contributed by atoms with Crippen molar-refractivity contribution in [2.24, 2.45) is 0 Å². The molecule has 3 N–H and O–H groups in total. The van der Waals surface area contributed by atoms with Crippen LogP contribution in [-0.4, -0.2) is 50.4 Å². The second-order valence-electron chi connectivity index (χ2n) is 12.6. The van der Waals surface area contributed by atoms with Gasteiger partial charge >= 0.3 is 6.03 Å². The molecule has 5 rings (SSSR count). The fourth-order valence-corrected chi connectivity index (χ4v) is 5.77. The summed E-state index contributed by atoms with van der Waals surface area (Å²) in [6, 6.07) is 19.9. The number of aromatic nitrogens is 2. The normalized spacial score (nSPS) is 15.6. The summed E-state index contributed by atoms with van der Waals surface area (Å²) in [5, 5.41) is 7.30. The second-order valence-corrected chi connectivity index (χ2v) is 17.4. The Bertz CT molecular complexity index is 1550. The van der Waals surface area contributed by atoms with Crippen LogP contribution in [0.15, 0.2) is 73.1 Å². The number of hydroxylamine groups is 1. The minimum atomic E-state index is -1.74. The van der Waals surface area contributed by atoms with E-state index in [1.54, 1.807) is 12.4 Å². The number of urea groups is 1. The summed E-state index contributed by atoms with van der Waals surface area (Å²) >= 11 is 0. The lowest BCUT2D eigenvalue weighted by Gasteiger charge is -2.36. The van der Waals surface area contributed by atoms with Crippen molar-refractivity contribution in [1.82, 2.24) is 15.4 Å². The molecule has 0 bridgehead atoms. The Morgan fingerprint density at radius 2 is 1.70 bits per heavy atom. The zero-order valence-electron chi connectivity index (χ0n) is 26.3. The summed E-state index contributed by atoms with van der Waals surface area (Å²) in [5.41, 5.74) is 8.74. The highest BCUT2D eigenvalue weighted by molar-refractivity contribution is 6.74. The van der Waals surface area contributed by atoms with Crippen molar-refractivity contribution < 1.29 is 18.8 Å². The van der Waals surface area contributed by atoms with Crippen molar-refractivity contribution in [2.45, 2.75) is 64.5 Å². The van der Waals surface area contributed by atoms with Crippen LogP contribution in [0.4, 0.5) is 16.2 Å². The number of nitrogens with zero attached hydrogens (tertiary/aromatic N) is 2. The van der Waals surface area contributed by atoms with Crippen LogP contribution in [0.25, 0.3) is 33.3 Å². The number of rotatable bonds is 10. The number of ether oxygens (including phenoxy) is 1. The van der Waals surface area contributed by atoms with Crippen LogP contribution in [0.1, 0.15) is 40.0 Å². The van der Waals surface area contributed by atoms with Gasteiger partial charge in [-0.05, 0) is 66.4 Å². The van der Waals surface area contributed by atoms with Crippen molar-refractivity contribution in [2.75, 3.05) is 30.4 Å². The smallest absolute Gasteiger partial charge is 0.343 e. The summed E-state index contributed by atoms with van der Waals surface area (Å²) in [4.78, 5) is 27.2. The number of nitrogens with one attached hydrogen (secondary N) is 3. The maximum Gasteiger partial charge on any atom is 0.343 e. The molecule has 10 heteroatoms. The number of hydrogen-bond acceptors (Lipinski definition) is 7. The van der Waals surface area contributed by atoms with Gasteiger partial charge in [0.1, 0.15) is 0 Å². The third-order valence-corrected chi connectivity index (χ3v) is 12.9. The van der Waals surface area contributed by atoms with E-state index in [1.807, 2.05) is 24.3 Å². The molecule has 1 aliphatic rings. The molecule has 44 heavy (non-hydrogen) atoms. The lowest BCUT2D eigenvalue weighted by molar-refractivity contribution is -0.185. The third-order valence-electron chi connectivity index (χ3n) is 8.38. The number of carbonyl (C=O) groups excluding carboxylic acids is 1. The molecule has 0 aliphatic carbocycles. The van der Waals surface area contributed by atoms with Gasteiger partial charge < -0.3 is 19.8 Å². The highest BCUT2D eigenvalue weighted by Crippen LogP contribution is 2.36.